The summed E-state index contributed by atoms with van der Waals surface area (Å²) in [5.41, 5.74) is 3.03. The van der Waals surface area contributed by atoms with Crippen LogP contribution in [-0.2, 0) is 29.0 Å². The predicted molar refractivity (Wildman–Crippen MR) is 97.8 cm³/mol. The first kappa shape index (κ1) is 16.9. The van der Waals surface area contributed by atoms with Crippen molar-refractivity contribution in [2.75, 3.05) is 0 Å². The van der Waals surface area contributed by atoms with E-state index >= 15 is 0 Å². The molecule has 0 aliphatic heterocycles. The summed E-state index contributed by atoms with van der Waals surface area (Å²) in [5.74, 6) is -0.396. The van der Waals surface area contributed by atoms with E-state index in [1.54, 1.807) is 6.20 Å². The highest BCUT2D eigenvalue weighted by Crippen LogP contribution is 2.17. The standard InChI is InChI=1S/C22H21NO2/c24-22(25-17-21-13-7-8-14-23-21)20(15-18-9-3-1-4-10-18)16-19-11-5-2-6-12-19/h1-14,20H,15-17H2. The normalized spacial score (nSPS) is 10.6. The highest BCUT2D eigenvalue weighted by molar-refractivity contribution is 5.73. The first-order valence-corrected chi connectivity index (χ1v) is 8.45. The van der Waals surface area contributed by atoms with Gasteiger partial charge in [0.1, 0.15) is 6.61 Å². The summed E-state index contributed by atoms with van der Waals surface area (Å²) >= 11 is 0. The number of benzene rings is 2. The molecule has 0 atom stereocenters. The second kappa shape index (κ2) is 8.78. The maximum Gasteiger partial charge on any atom is 0.309 e. The second-order valence-corrected chi connectivity index (χ2v) is 6.01. The SMILES string of the molecule is O=C(OCc1ccccn1)C(Cc1ccccc1)Cc1ccccc1. The Morgan fingerprint density at radius 1 is 0.800 bits per heavy atom. The molecule has 1 aromatic heterocycles. The van der Waals surface area contributed by atoms with Crippen LogP contribution in [0.4, 0.5) is 0 Å². The smallest absolute Gasteiger partial charge is 0.309 e. The highest BCUT2D eigenvalue weighted by Gasteiger charge is 2.21. The molecule has 0 aliphatic rings. The molecule has 3 nitrogen and oxygen atoms in total. The number of rotatable bonds is 7. The van der Waals surface area contributed by atoms with Crippen LogP contribution >= 0.6 is 0 Å². The van der Waals surface area contributed by atoms with Gasteiger partial charge in [-0.1, -0.05) is 66.7 Å². The van der Waals surface area contributed by atoms with Crippen LogP contribution in [0, 0.1) is 5.92 Å². The van der Waals surface area contributed by atoms with E-state index in [4.69, 9.17) is 4.74 Å². The van der Waals surface area contributed by atoms with Crippen molar-refractivity contribution in [2.45, 2.75) is 19.4 Å². The molecular weight excluding hydrogens is 310 g/mol. The predicted octanol–water partition coefficient (Wildman–Crippen LogP) is 4.23. The molecule has 1 heterocycles. The van der Waals surface area contributed by atoms with Gasteiger partial charge >= 0.3 is 5.97 Å². The van der Waals surface area contributed by atoms with Crippen LogP contribution in [0.3, 0.4) is 0 Å². The Kier molecular flexibility index (Phi) is 5.94. The molecule has 3 heteroatoms. The molecule has 0 saturated heterocycles. The maximum atomic E-state index is 12.7. The van der Waals surface area contributed by atoms with Gasteiger partial charge in [-0.3, -0.25) is 9.78 Å². The summed E-state index contributed by atoms with van der Waals surface area (Å²) in [5, 5.41) is 0. The monoisotopic (exact) mass is 331 g/mol. The van der Waals surface area contributed by atoms with Crippen molar-refractivity contribution in [1.29, 1.82) is 0 Å². The zero-order valence-electron chi connectivity index (χ0n) is 14.0. The van der Waals surface area contributed by atoms with Gasteiger partial charge in [0.2, 0.25) is 0 Å². The van der Waals surface area contributed by atoms with Gasteiger partial charge in [0.15, 0.2) is 0 Å². The van der Waals surface area contributed by atoms with Crippen LogP contribution in [0.5, 0.6) is 0 Å². The Bertz CT molecular complexity index is 731. The first-order chi connectivity index (χ1) is 12.3. The maximum absolute atomic E-state index is 12.7. The van der Waals surface area contributed by atoms with Crippen LogP contribution in [0.2, 0.25) is 0 Å². The van der Waals surface area contributed by atoms with Gasteiger partial charge in [-0.05, 0) is 36.1 Å². The fourth-order valence-corrected chi connectivity index (χ4v) is 2.78. The first-order valence-electron chi connectivity index (χ1n) is 8.45. The topological polar surface area (TPSA) is 39.2 Å². The Hall–Kier alpha value is -2.94. The summed E-state index contributed by atoms with van der Waals surface area (Å²) in [6, 6.07) is 25.7. The van der Waals surface area contributed by atoms with Crippen LogP contribution in [0.15, 0.2) is 85.1 Å². The van der Waals surface area contributed by atoms with Gasteiger partial charge in [-0.2, -0.15) is 0 Å². The minimum absolute atomic E-state index is 0.182. The van der Waals surface area contributed by atoms with Crippen LogP contribution in [0.1, 0.15) is 16.8 Å². The van der Waals surface area contributed by atoms with Crippen molar-refractivity contribution in [3.05, 3.63) is 102 Å². The van der Waals surface area contributed by atoms with Gasteiger partial charge in [-0.15, -0.1) is 0 Å². The van der Waals surface area contributed by atoms with Gasteiger partial charge in [0.05, 0.1) is 11.6 Å². The third-order valence-corrected chi connectivity index (χ3v) is 4.07. The zero-order valence-corrected chi connectivity index (χ0v) is 14.0. The van der Waals surface area contributed by atoms with Crippen LogP contribution in [0.25, 0.3) is 0 Å². The fraction of sp³-hybridized carbons (Fsp3) is 0.182. The van der Waals surface area contributed by atoms with Crippen molar-refractivity contribution in [3.8, 4) is 0 Å². The molecule has 0 saturated carbocycles. The van der Waals surface area contributed by atoms with Gasteiger partial charge in [0.25, 0.3) is 0 Å². The number of aromatic nitrogens is 1. The minimum Gasteiger partial charge on any atom is -0.459 e. The molecule has 0 unspecified atom stereocenters. The molecule has 0 spiro atoms. The highest BCUT2D eigenvalue weighted by atomic mass is 16.5. The third-order valence-electron chi connectivity index (χ3n) is 4.07. The number of carbonyl (C=O) groups excluding carboxylic acids is 1. The summed E-state index contributed by atoms with van der Waals surface area (Å²) < 4.78 is 5.53. The Balaban J connectivity index is 1.69. The van der Waals surface area contributed by atoms with E-state index in [0.717, 1.165) is 16.8 Å². The van der Waals surface area contributed by atoms with Gasteiger partial charge in [-0.25, -0.2) is 0 Å². The van der Waals surface area contributed by atoms with E-state index in [0.29, 0.717) is 12.8 Å². The third kappa shape index (κ3) is 5.28. The summed E-state index contributed by atoms with van der Waals surface area (Å²) in [6.07, 6.45) is 3.03. The number of carbonyl (C=O) groups is 1. The van der Waals surface area contributed by atoms with E-state index in [9.17, 15) is 4.79 Å². The van der Waals surface area contributed by atoms with Gasteiger partial charge in [0, 0.05) is 6.20 Å². The van der Waals surface area contributed by atoms with Crippen LogP contribution < -0.4 is 0 Å². The van der Waals surface area contributed by atoms with E-state index in [1.165, 1.54) is 0 Å². The molecule has 0 N–H and O–H groups in total. The van der Waals surface area contributed by atoms with E-state index in [2.05, 4.69) is 4.98 Å². The molecule has 0 bridgehead atoms. The van der Waals surface area contributed by atoms with Crippen molar-refractivity contribution in [2.24, 2.45) is 5.92 Å². The largest absolute Gasteiger partial charge is 0.459 e. The number of pyridine rings is 1. The summed E-state index contributed by atoms with van der Waals surface area (Å²) in [4.78, 5) is 16.9. The zero-order chi connectivity index (χ0) is 17.3. The van der Waals surface area contributed by atoms with E-state index in [-0.39, 0.29) is 18.5 Å². The average Bonchev–Trinajstić information content (AvgIpc) is 2.68. The van der Waals surface area contributed by atoms with Gasteiger partial charge < -0.3 is 4.74 Å². The molecule has 2 aromatic carbocycles. The number of hydrogen-bond donors (Lipinski definition) is 0. The molecule has 0 fully saturated rings. The molecule has 3 rings (SSSR count). The number of esters is 1. The number of hydrogen-bond acceptors (Lipinski definition) is 3. The Morgan fingerprint density at radius 2 is 1.36 bits per heavy atom. The van der Waals surface area contributed by atoms with Crippen molar-refractivity contribution >= 4 is 5.97 Å². The lowest BCUT2D eigenvalue weighted by Gasteiger charge is -2.16. The number of nitrogens with zero attached hydrogens (tertiary/aromatic N) is 1. The van der Waals surface area contributed by atoms with Crippen molar-refractivity contribution in [1.82, 2.24) is 4.98 Å². The van der Waals surface area contributed by atoms with Crippen molar-refractivity contribution < 1.29 is 9.53 Å². The molecular formula is C22H21NO2. The summed E-state index contributed by atoms with van der Waals surface area (Å²) in [7, 11) is 0. The quantitative estimate of drug-likeness (QED) is 0.608. The van der Waals surface area contributed by atoms with E-state index in [1.807, 2.05) is 78.9 Å². The van der Waals surface area contributed by atoms with E-state index < -0.39 is 0 Å². The van der Waals surface area contributed by atoms with Crippen molar-refractivity contribution in [3.63, 3.8) is 0 Å². The molecule has 0 aliphatic carbocycles. The second-order valence-electron chi connectivity index (χ2n) is 6.01. The lowest BCUT2D eigenvalue weighted by molar-refractivity contribution is -0.150. The molecule has 3 aromatic rings. The fourth-order valence-electron chi connectivity index (χ4n) is 2.78. The Labute approximate surface area is 148 Å². The molecule has 0 radical (unpaired) electrons. The minimum atomic E-state index is -0.214. The Morgan fingerprint density at radius 3 is 1.88 bits per heavy atom. The lowest BCUT2D eigenvalue weighted by atomic mass is 9.92. The number of ether oxygens (including phenoxy) is 1. The lowest BCUT2D eigenvalue weighted by Crippen LogP contribution is -2.22. The molecule has 126 valence electrons. The average molecular weight is 331 g/mol. The summed E-state index contributed by atoms with van der Waals surface area (Å²) in [6.45, 7) is 0.208. The molecule has 25 heavy (non-hydrogen) atoms. The molecule has 0 amide bonds. The van der Waals surface area contributed by atoms with Crippen LogP contribution in [-0.4, -0.2) is 11.0 Å².